The number of nitrogens with zero attached hydrogens (tertiary/aromatic N) is 3. The lowest BCUT2D eigenvalue weighted by atomic mass is 9.82. The number of likely N-dealkylation sites (N-methyl/N-ethyl adjacent to an activating group) is 1. The first kappa shape index (κ1) is 20.8. The van der Waals surface area contributed by atoms with E-state index < -0.39 is 0 Å². The second-order valence-corrected chi connectivity index (χ2v) is 8.23. The number of fused-ring (bicyclic) bond motifs is 1. The van der Waals surface area contributed by atoms with Gasteiger partial charge in [0.05, 0.1) is 20.3 Å². The molecule has 156 valence electrons. The number of hydrogen-bond donors (Lipinski definition) is 1. The summed E-state index contributed by atoms with van der Waals surface area (Å²) in [5.74, 6) is 4.25. The lowest BCUT2D eigenvalue weighted by Gasteiger charge is -2.29. The molecule has 3 atom stereocenters. The van der Waals surface area contributed by atoms with E-state index in [-0.39, 0.29) is 6.04 Å². The van der Waals surface area contributed by atoms with Crippen molar-refractivity contribution in [2.75, 3.05) is 55.0 Å². The average Bonchev–Trinajstić information content (AvgIpc) is 3.14. The van der Waals surface area contributed by atoms with Crippen LogP contribution in [-0.2, 0) is 0 Å². The van der Waals surface area contributed by atoms with Gasteiger partial charge >= 0.3 is 0 Å². The Bertz CT molecular complexity index is 663. The molecule has 1 aliphatic heterocycles. The minimum absolute atomic E-state index is 0.210. The summed E-state index contributed by atoms with van der Waals surface area (Å²) in [6.07, 6.45) is 5.54. The van der Waals surface area contributed by atoms with E-state index in [0.717, 1.165) is 48.9 Å². The molecule has 2 fully saturated rings. The number of benzene rings is 1. The molecular weight excluding hydrogens is 352 g/mol. The van der Waals surface area contributed by atoms with Crippen LogP contribution in [0.3, 0.4) is 0 Å². The Morgan fingerprint density at radius 1 is 1.14 bits per heavy atom. The summed E-state index contributed by atoms with van der Waals surface area (Å²) in [5, 5.41) is 3.63. The van der Waals surface area contributed by atoms with Crippen LogP contribution in [0, 0.1) is 11.8 Å². The predicted molar refractivity (Wildman–Crippen MR) is 114 cm³/mol. The Balaban J connectivity index is 1.67. The van der Waals surface area contributed by atoms with Crippen LogP contribution in [0.2, 0.25) is 0 Å². The number of rotatable bonds is 6. The van der Waals surface area contributed by atoms with Gasteiger partial charge in [-0.1, -0.05) is 18.9 Å². The molecule has 1 aromatic carbocycles. The number of methoxy groups -OCH3 is 2. The zero-order valence-electron chi connectivity index (χ0n) is 18.1. The smallest absolute Gasteiger partial charge is 0.193 e. The highest BCUT2D eigenvalue weighted by Crippen LogP contribution is 2.36. The van der Waals surface area contributed by atoms with Gasteiger partial charge in [0, 0.05) is 26.7 Å². The van der Waals surface area contributed by atoms with Crippen molar-refractivity contribution in [2.45, 2.75) is 31.7 Å². The number of aliphatic imine (C=N–C) groups is 1. The molecule has 0 bridgehead atoms. The second-order valence-electron chi connectivity index (χ2n) is 8.23. The molecule has 1 aliphatic carbocycles. The van der Waals surface area contributed by atoms with Gasteiger partial charge in [-0.2, -0.15) is 0 Å². The first-order chi connectivity index (χ1) is 13.6. The largest absolute Gasteiger partial charge is 0.493 e. The summed E-state index contributed by atoms with van der Waals surface area (Å²) >= 11 is 0. The first-order valence-corrected chi connectivity index (χ1v) is 10.4. The fourth-order valence-electron chi connectivity index (χ4n) is 4.76. The fourth-order valence-corrected chi connectivity index (χ4v) is 4.76. The van der Waals surface area contributed by atoms with E-state index in [1.807, 2.05) is 13.1 Å². The van der Waals surface area contributed by atoms with Crippen LogP contribution in [0.5, 0.6) is 11.5 Å². The molecule has 6 heteroatoms. The predicted octanol–water partition coefficient (Wildman–Crippen LogP) is 3.00. The summed E-state index contributed by atoms with van der Waals surface area (Å²) in [6, 6.07) is 6.37. The third-order valence-electron chi connectivity index (χ3n) is 6.36. The van der Waals surface area contributed by atoms with Crippen molar-refractivity contribution >= 4 is 5.96 Å². The zero-order chi connectivity index (χ0) is 20.1. The van der Waals surface area contributed by atoms with Crippen LogP contribution in [-0.4, -0.2) is 70.8 Å². The summed E-state index contributed by atoms with van der Waals surface area (Å²) in [4.78, 5) is 9.27. The molecule has 3 unspecified atom stereocenters. The van der Waals surface area contributed by atoms with Crippen LogP contribution in [0.15, 0.2) is 23.2 Å². The molecule has 0 radical (unpaired) electrons. The van der Waals surface area contributed by atoms with E-state index in [4.69, 9.17) is 9.47 Å². The third-order valence-corrected chi connectivity index (χ3v) is 6.36. The van der Waals surface area contributed by atoms with E-state index in [1.165, 1.54) is 31.2 Å². The lowest BCUT2D eigenvalue weighted by Crippen LogP contribution is -2.43. The number of ether oxygens (including phenoxy) is 2. The monoisotopic (exact) mass is 388 g/mol. The third kappa shape index (κ3) is 4.54. The van der Waals surface area contributed by atoms with Crippen molar-refractivity contribution in [3.8, 4) is 11.5 Å². The average molecular weight is 389 g/mol. The van der Waals surface area contributed by atoms with Gasteiger partial charge in [-0.05, 0) is 56.5 Å². The highest BCUT2D eigenvalue weighted by atomic mass is 16.5. The van der Waals surface area contributed by atoms with E-state index in [0.29, 0.717) is 0 Å². The summed E-state index contributed by atoms with van der Waals surface area (Å²) < 4.78 is 10.9. The molecule has 28 heavy (non-hydrogen) atoms. The van der Waals surface area contributed by atoms with Crippen LogP contribution in [0.4, 0.5) is 0 Å². The van der Waals surface area contributed by atoms with Gasteiger partial charge in [-0.3, -0.25) is 4.99 Å². The zero-order valence-corrected chi connectivity index (χ0v) is 18.1. The van der Waals surface area contributed by atoms with Gasteiger partial charge in [0.1, 0.15) is 0 Å². The van der Waals surface area contributed by atoms with Crippen molar-refractivity contribution in [1.82, 2.24) is 15.1 Å². The fraction of sp³-hybridized carbons (Fsp3) is 0.682. The molecule has 1 heterocycles. The first-order valence-electron chi connectivity index (χ1n) is 10.4. The van der Waals surface area contributed by atoms with Crippen molar-refractivity contribution < 1.29 is 9.47 Å². The van der Waals surface area contributed by atoms with Gasteiger partial charge in [0.2, 0.25) is 0 Å². The van der Waals surface area contributed by atoms with E-state index in [2.05, 4.69) is 46.3 Å². The molecule has 1 saturated carbocycles. The molecule has 1 aromatic rings. The molecule has 0 amide bonds. The number of nitrogens with one attached hydrogen (secondary N) is 1. The molecule has 1 saturated heterocycles. The minimum Gasteiger partial charge on any atom is -0.493 e. The normalized spacial score (nSPS) is 23.5. The van der Waals surface area contributed by atoms with Crippen LogP contribution in [0.1, 0.15) is 37.3 Å². The van der Waals surface area contributed by atoms with Gasteiger partial charge in [-0.25, -0.2) is 0 Å². The molecule has 2 aliphatic rings. The Labute approximate surface area is 169 Å². The summed E-state index contributed by atoms with van der Waals surface area (Å²) in [7, 11) is 9.46. The maximum absolute atomic E-state index is 5.49. The standard InChI is InChI=1S/C22H36N4O2/c1-23-22(26-14-17-8-6-7-9-18(17)15-26)24-13-19(25(2)3)16-10-11-20(27-4)21(12-16)28-5/h10-12,17-19H,6-9,13-15H2,1-5H3,(H,23,24). The quantitative estimate of drug-likeness (QED) is 0.600. The highest BCUT2D eigenvalue weighted by molar-refractivity contribution is 5.80. The Kier molecular flexibility index (Phi) is 7.05. The molecule has 6 nitrogen and oxygen atoms in total. The molecular formula is C22H36N4O2. The van der Waals surface area contributed by atoms with E-state index >= 15 is 0 Å². The topological polar surface area (TPSA) is 49.3 Å². The Morgan fingerprint density at radius 2 is 1.79 bits per heavy atom. The van der Waals surface area contributed by atoms with Crippen LogP contribution >= 0.6 is 0 Å². The van der Waals surface area contributed by atoms with Gasteiger partial charge < -0.3 is 24.6 Å². The van der Waals surface area contributed by atoms with Crippen molar-refractivity contribution in [3.63, 3.8) is 0 Å². The van der Waals surface area contributed by atoms with Gasteiger partial charge in [-0.15, -0.1) is 0 Å². The van der Waals surface area contributed by atoms with Crippen molar-refractivity contribution in [3.05, 3.63) is 23.8 Å². The Morgan fingerprint density at radius 3 is 2.32 bits per heavy atom. The minimum atomic E-state index is 0.210. The highest BCUT2D eigenvalue weighted by Gasteiger charge is 2.35. The van der Waals surface area contributed by atoms with Crippen molar-refractivity contribution in [1.29, 1.82) is 0 Å². The number of hydrogen-bond acceptors (Lipinski definition) is 4. The molecule has 0 spiro atoms. The maximum Gasteiger partial charge on any atom is 0.193 e. The van der Waals surface area contributed by atoms with Crippen molar-refractivity contribution in [2.24, 2.45) is 16.8 Å². The summed E-state index contributed by atoms with van der Waals surface area (Å²) in [6.45, 7) is 3.08. The van der Waals surface area contributed by atoms with E-state index in [1.54, 1.807) is 14.2 Å². The Hall–Kier alpha value is -1.95. The van der Waals surface area contributed by atoms with Gasteiger partial charge in [0.25, 0.3) is 0 Å². The maximum atomic E-state index is 5.49. The SMILES string of the molecule is CN=C(NCC(c1ccc(OC)c(OC)c1)N(C)C)N1CC2CCCCC2C1. The molecule has 3 rings (SSSR count). The van der Waals surface area contributed by atoms with E-state index in [9.17, 15) is 0 Å². The number of likely N-dealkylation sites (tertiary alicyclic amines) is 1. The summed E-state index contributed by atoms with van der Waals surface area (Å²) in [5.41, 5.74) is 1.20. The second kappa shape index (κ2) is 9.50. The van der Waals surface area contributed by atoms with Crippen LogP contribution < -0.4 is 14.8 Å². The van der Waals surface area contributed by atoms with Crippen LogP contribution in [0.25, 0.3) is 0 Å². The lowest BCUT2D eigenvalue weighted by molar-refractivity contribution is 0.293. The van der Waals surface area contributed by atoms with Gasteiger partial charge in [0.15, 0.2) is 17.5 Å². The molecule has 1 N–H and O–H groups in total. The molecule has 0 aromatic heterocycles. The number of guanidine groups is 1.